The molecular weight excluding hydrogens is 231 g/mol. The molecule has 5 heteroatoms. The molecule has 2 rings (SSSR count). The first-order chi connectivity index (χ1) is 8.58. The monoisotopic (exact) mass is 246 g/mol. The van der Waals surface area contributed by atoms with E-state index < -0.39 is 5.82 Å². The zero-order chi connectivity index (χ0) is 13.0. The number of nitrogens with zero attached hydrogens (tertiary/aromatic N) is 3. The quantitative estimate of drug-likeness (QED) is 0.900. The van der Waals surface area contributed by atoms with Crippen LogP contribution in [-0.2, 0) is 5.41 Å². The van der Waals surface area contributed by atoms with E-state index in [-0.39, 0.29) is 5.41 Å². The minimum Gasteiger partial charge on any atom is -0.353 e. The van der Waals surface area contributed by atoms with Gasteiger partial charge in [-0.05, 0) is 11.6 Å². The topological polar surface area (TPSA) is 50.7 Å². The lowest BCUT2D eigenvalue weighted by molar-refractivity contribution is 0.551. The van der Waals surface area contributed by atoms with Crippen LogP contribution in [0.5, 0.6) is 0 Å². The van der Waals surface area contributed by atoms with Crippen molar-refractivity contribution in [3.05, 3.63) is 48.3 Å². The maximum absolute atomic E-state index is 12.7. The van der Waals surface area contributed by atoms with Crippen LogP contribution in [0.25, 0.3) is 0 Å². The third-order valence-electron chi connectivity index (χ3n) is 2.75. The summed E-state index contributed by atoms with van der Waals surface area (Å²) in [5, 5.41) is 3.09. The Balaban J connectivity index is 2.03. The highest BCUT2D eigenvalue weighted by Gasteiger charge is 2.20. The number of hydrogen-bond donors (Lipinski definition) is 1. The summed E-state index contributed by atoms with van der Waals surface area (Å²) in [6.45, 7) is 4.84. The van der Waals surface area contributed by atoms with Crippen LogP contribution in [0.15, 0.2) is 36.9 Å². The second kappa shape index (κ2) is 5.08. The van der Waals surface area contributed by atoms with Gasteiger partial charge in [0.2, 0.25) is 5.95 Å². The number of hydrogen-bond acceptors (Lipinski definition) is 4. The van der Waals surface area contributed by atoms with E-state index in [4.69, 9.17) is 0 Å². The van der Waals surface area contributed by atoms with E-state index in [2.05, 4.69) is 34.1 Å². The van der Waals surface area contributed by atoms with Crippen molar-refractivity contribution < 1.29 is 4.39 Å². The van der Waals surface area contributed by atoms with Crippen LogP contribution < -0.4 is 5.32 Å². The van der Waals surface area contributed by atoms with Crippen LogP contribution in [0.3, 0.4) is 0 Å². The maximum atomic E-state index is 12.7. The Labute approximate surface area is 105 Å². The van der Waals surface area contributed by atoms with Crippen LogP contribution in [0.1, 0.15) is 19.4 Å². The summed E-state index contributed by atoms with van der Waals surface area (Å²) >= 11 is 0. The normalized spacial score (nSPS) is 11.3. The Kier molecular flexibility index (Phi) is 3.50. The first-order valence-electron chi connectivity index (χ1n) is 5.70. The Hall–Kier alpha value is -2.04. The Morgan fingerprint density at radius 3 is 2.56 bits per heavy atom. The summed E-state index contributed by atoms with van der Waals surface area (Å²) in [4.78, 5) is 11.8. The van der Waals surface area contributed by atoms with Gasteiger partial charge in [0.15, 0.2) is 5.82 Å². The van der Waals surface area contributed by atoms with E-state index in [1.165, 1.54) is 0 Å². The molecule has 2 aromatic heterocycles. The molecule has 0 amide bonds. The predicted molar refractivity (Wildman–Crippen MR) is 67.7 cm³/mol. The first-order valence-corrected chi connectivity index (χ1v) is 5.70. The molecule has 1 N–H and O–H groups in total. The zero-order valence-electron chi connectivity index (χ0n) is 10.4. The van der Waals surface area contributed by atoms with Gasteiger partial charge in [-0.1, -0.05) is 19.9 Å². The number of pyridine rings is 1. The molecule has 94 valence electrons. The fraction of sp³-hybridized carbons (Fsp3) is 0.308. The van der Waals surface area contributed by atoms with Gasteiger partial charge in [0.1, 0.15) is 0 Å². The smallest absolute Gasteiger partial charge is 0.222 e. The van der Waals surface area contributed by atoms with Gasteiger partial charge in [0.25, 0.3) is 0 Å². The number of anilines is 1. The van der Waals surface area contributed by atoms with Crippen molar-refractivity contribution >= 4 is 5.95 Å². The van der Waals surface area contributed by atoms with E-state index in [0.717, 1.165) is 18.0 Å². The highest BCUT2D eigenvalue weighted by Crippen LogP contribution is 2.22. The van der Waals surface area contributed by atoms with Gasteiger partial charge in [-0.15, -0.1) is 0 Å². The Bertz CT molecular complexity index is 496. The summed E-state index contributed by atoms with van der Waals surface area (Å²) in [5.74, 6) is -0.0135. The van der Waals surface area contributed by atoms with Gasteiger partial charge < -0.3 is 5.32 Å². The average molecular weight is 246 g/mol. The van der Waals surface area contributed by atoms with Gasteiger partial charge >= 0.3 is 0 Å². The number of nitrogens with one attached hydrogen (secondary N) is 1. The molecule has 4 nitrogen and oxygen atoms in total. The highest BCUT2D eigenvalue weighted by atomic mass is 19.1. The van der Waals surface area contributed by atoms with Crippen molar-refractivity contribution in [3.63, 3.8) is 0 Å². The van der Waals surface area contributed by atoms with Gasteiger partial charge in [-0.2, -0.15) is 0 Å². The lowest BCUT2D eigenvalue weighted by Gasteiger charge is -2.25. The van der Waals surface area contributed by atoms with Gasteiger partial charge in [0.05, 0.1) is 12.4 Å². The molecule has 0 bridgehead atoms. The van der Waals surface area contributed by atoms with Crippen LogP contribution in [0.2, 0.25) is 0 Å². The minimum atomic E-state index is -0.438. The van der Waals surface area contributed by atoms with Crippen molar-refractivity contribution in [1.29, 1.82) is 0 Å². The summed E-state index contributed by atoms with van der Waals surface area (Å²) in [5.41, 5.74) is 1.02. The van der Waals surface area contributed by atoms with Crippen LogP contribution in [0.4, 0.5) is 10.3 Å². The van der Waals surface area contributed by atoms with Crippen LogP contribution in [0, 0.1) is 5.82 Å². The van der Waals surface area contributed by atoms with Crippen molar-refractivity contribution in [2.45, 2.75) is 19.3 Å². The molecule has 0 aliphatic rings. The molecule has 0 aliphatic carbocycles. The summed E-state index contributed by atoms with van der Waals surface area (Å²) in [7, 11) is 0. The van der Waals surface area contributed by atoms with Gasteiger partial charge in [0, 0.05) is 24.4 Å². The molecule has 18 heavy (non-hydrogen) atoms. The maximum Gasteiger partial charge on any atom is 0.222 e. The third kappa shape index (κ3) is 3.00. The first kappa shape index (κ1) is 12.4. The standard InChI is InChI=1S/C13H15FN4/c1-13(2,10-4-3-5-15-6-10)9-18-12-16-7-11(14)8-17-12/h3-8H,9H2,1-2H3,(H,16,17,18). The van der Waals surface area contributed by atoms with E-state index in [1.807, 2.05) is 18.3 Å². The molecule has 0 radical (unpaired) electrons. The molecule has 0 spiro atoms. The highest BCUT2D eigenvalue weighted by molar-refractivity contribution is 5.28. The molecule has 0 aliphatic heterocycles. The molecule has 0 fully saturated rings. The predicted octanol–water partition coefficient (Wildman–Crippen LogP) is 2.40. The third-order valence-corrected chi connectivity index (χ3v) is 2.75. The SMILES string of the molecule is CC(C)(CNc1ncc(F)cn1)c1cccnc1. The number of halogens is 1. The molecular formula is C13H15FN4. The lowest BCUT2D eigenvalue weighted by Crippen LogP contribution is -2.28. The Morgan fingerprint density at radius 2 is 1.94 bits per heavy atom. The molecule has 0 saturated heterocycles. The summed E-state index contributed by atoms with van der Waals surface area (Å²) in [6, 6.07) is 3.94. The lowest BCUT2D eigenvalue weighted by atomic mass is 9.86. The molecule has 0 atom stereocenters. The zero-order valence-corrected chi connectivity index (χ0v) is 10.4. The van der Waals surface area contributed by atoms with Crippen LogP contribution in [-0.4, -0.2) is 21.5 Å². The van der Waals surface area contributed by atoms with Crippen molar-refractivity contribution in [2.75, 3.05) is 11.9 Å². The Morgan fingerprint density at radius 1 is 1.22 bits per heavy atom. The van der Waals surface area contributed by atoms with E-state index >= 15 is 0 Å². The average Bonchev–Trinajstić information content (AvgIpc) is 2.39. The summed E-state index contributed by atoms with van der Waals surface area (Å²) in [6.07, 6.45) is 5.88. The second-order valence-electron chi connectivity index (χ2n) is 4.70. The summed E-state index contributed by atoms with van der Waals surface area (Å²) < 4.78 is 12.7. The van der Waals surface area contributed by atoms with E-state index in [9.17, 15) is 4.39 Å². The van der Waals surface area contributed by atoms with E-state index in [1.54, 1.807) is 6.20 Å². The van der Waals surface area contributed by atoms with Gasteiger partial charge in [-0.25, -0.2) is 14.4 Å². The minimum absolute atomic E-state index is 0.105. The van der Waals surface area contributed by atoms with Crippen molar-refractivity contribution in [1.82, 2.24) is 15.0 Å². The fourth-order valence-electron chi connectivity index (χ4n) is 1.57. The molecule has 2 aromatic rings. The second-order valence-corrected chi connectivity index (χ2v) is 4.70. The largest absolute Gasteiger partial charge is 0.353 e. The molecule has 2 heterocycles. The van der Waals surface area contributed by atoms with E-state index in [0.29, 0.717) is 12.5 Å². The van der Waals surface area contributed by atoms with Crippen molar-refractivity contribution in [3.8, 4) is 0 Å². The van der Waals surface area contributed by atoms with Crippen LogP contribution >= 0.6 is 0 Å². The van der Waals surface area contributed by atoms with Crippen molar-refractivity contribution in [2.24, 2.45) is 0 Å². The molecule has 0 unspecified atom stereocenters. The fourth-order valence-corrected chi connectivity index (χ4v) is 1.57. The number of aromatic nitrogens is 3. The van der Waals surface area contributed by atoms with Gasteiger partial charge in [-0.3, -0.25) is 4.98 Å². The molecule has 0 saturated carbocycles. The molecule has 0 aromatic carbocycles. The number of rotatable bonds is 4.